The van der Waals surface area contributed by atoms with Crippen molar-refractivity contribution in [1.29, 1.82) is 0 Å². The van der Waals surface area contributed by atoms with E-state index in [2.05, 4.69) is 151 Å². The standard InChI is InChI=1S/C55H35N5/c1-3-15-37(16-4-1)50-34-47(45-25-13-19-36-14-7-8-24-44(36)45)46-29-27-38-28-30-48(57-53(38)54(46)58-50)42-22-11-20-40(32-42)41-21-12-23-43(33-41)51-35-52(49-26-9-10-31-56-49)60-55(59-51)39-17-5-2-6-18-39/h1-35H. The molecule has 0 aliphatic heterocycles. The minimum absolute atomic E-state index is 0.658. The maximum absolute atomic E-state index is 5.40. The van der Waals surface area contributed by atoms with Crippen molar-refractivity contribution in [2.24, 2.45) is 0 Å². The van der Waals surface area contributed by atoms with Gasteiger partial charge in [-0.25, -0.2) is 19.9 Å². The monoisotopic (exact) mass is 765 g/mol. The van der Waals surface area contributed by atoms with Crippen molar-refractivity contribution in [2.75, 3.05) is 0 Å². The molecule has 280 valence electrons. The second-order valence-corrected chi connectivity index (χ2v) is 14.9. The molecule has 0 fully saturated rings. The van der Waals surface area contributed by atoms with Gasteiger partial charge < -0.3 is 0 Å². The molecule has 4 aromatic heterocycles. The minimum Gasteiger partial charge on any atom is -0.255 e. The number of benzene rings is 7. The Bertz CT molecular complexity index is 3300. The molecule has 0 bridgehead atoms. The van der Waals surface area contributed by atoms with Gasteiger partial charge in [-0.1, -0.05) is 164 Å². The van der Waals surface area contributed by atoms with Crippen molar-refractivity contribution < 1.29 is 0 Å². The molecule has 11 aromatic rings. The molecule has 11 rings (SSSR count). The molecule has 0 atom stereocenters. The summed E-state index contributed by atoms with van der Waals surface area (Å²) in [5.41, 5.74) is 14.5. The van der Waals surface area contributed by atoms with Crippen LogP contribution < -0.4 is 0 Å². The molecular formula is C55H35N5. The molecule has 0 saturated carbocycles. The van der Waals surface area contributed by atoms with E-state index >= 15 is 0 Å². The van der Waals surface area contributed by atoms with E-state index in [1.807, 2.05) is 60.7 Å². The maximum Gasteiger partial charge on any atom is 0.160 e. The van der Waals surface area contributed by atoms with Gasteiger partial charge in [0.15, 0.2) is 5.82 Å². The first-order chi connectivity index (χ1) is 29.7. The van der Waals surface area contributed by atoms with Gasteiger partial charge >= 0.3 is 0 Å². The molecule has 0 aliphatic rings. The van der Waals surface area contributed by atoms with E-state index in [-0.39, 0.29) is 0 Å². The summed E-state index contributed by atoms with van der Waals surface area (Å²) in [5.74, 6) is 0.658. The van der Waals surface area contributed by atoms with E-state index in [1.54, 1.807) is 6.20 Å². The molecule has 0 saturated heterocycles. The number of hydrogen-bond donors (Lipinski definition) is 0. The summed E-state index contributed by atoms with van der Waals surface area (Å²) in [4.78, 5) is 25.4. The molecule has 5 heteroatoms. The zero-order valence-corrected chi connectivity index (χ0v) is 32.4. The highest BCUT2D eigenvalue weighted by Crippen LogP contribution is 2.39. The van der Waals surface area contributed by atoms with Gasteiger partial charge in [-0.05, 0) is 75.5 Å². The van der Waals surface area contributed by atoms with Gasteiger partial charge in [0.05, 0.1) is 39.5 Å². The van der Waals surface area contributed by atoms with Gasteiger partial charge in [0, 0.05) is 39.2 Å². The van der Waals surface area contributed by atoms with Crippen molar-refractivity contribution in [3.8, 4) is 78.8 Å². The predicted molar refractivity (Wildman–Crippen MR) is 246 cm³/mol. The van der Waals surface area contributed by atoms with Crippen LogP contribution in [0, 0.1) is 0 Å². The summed E-state index contributed by atoms with van der Waals surface area (Å²) >= 11 is 0. The van der Waals surface area contributed by atoms with Crippen molar-refractivity contribution in [3.63, 3.8) is 0 Å². The first-order valence-electron chi connectivity index (χ1n) is 20.1. The van der Waals surface area contributed by atoms with Gasteiger partial charge in [0.2, 0.25) is 0 Å². The van der Waals surface area contributed by atoms with Crippen LogP contribution in [0.4, 0.5) is 0 Å². The molecule has 5 nitrogen and oxygen atoms in total. The SMILES string of the molecule is c1ccc(-c2cc(-c3cccc4ccccc34)c3ccc4ccc(-c5cccc(-c6cccc(-c7cc(-c8ccccn8)nc(-c8ccccc8)n7)c6)c5)nc4c3n2)cc1. The molecule has 0 amide bonds. The third-order valence-electron chi connectivity index (χ3n) is 11.1. The maximum atomic E-state index is 5.40. The van der Waals surface area contributed by atoms with E-state index in [4.69, 9.17) is 19.9 Å². The number of pyridine rings is 3. The van der Waals surface area contributed by atoms with E-state index in [1.165, 1.54) is 16.3 Å². The lowest BCUT2D eigenvalue weighted by molar-refractivity contribution is 1.16. The van der Waals surface area contributed by atoms with Crippen molar-refractivity contribution in [2.45, 2.75) is 0 Å². The first kappa shape index (κ1) is 35.0. The molecule has 0 unspecified atom stereocenters. The smallest absolute Gasteiger partial charge is 0.160 e. The van der Waals surface area contributed by atoms with Crippen molar-refractivity contribution in [3.05, 3.63) is 212 Å². The normalized spacial score (nSPS) is 11.3. The summed E-state index contributed by atoms with van der Waals surface area (Å²) < 4.78 is 0. The van der Waals surface area contributed by atoms with Crippen LogP contribution in [0.3, 0.4) is 0 Å². The second-order valence-electron chi connectivity index (χ2n) is 14.9. The third-order valence-corrected chi connectivity index (χ3v) is 11.1. The molecule has 60 heavy (non-hydrogen) atoms. The van der Waals surface area contributed by atoms with Crippen LogP contribution in [0.2, 0.25) is 0 Å². The zero-order chi connectivity index (χ0) is 39.8. The Kier molecular flexibility index (Phi) is 8.75. The lowest BCUT2D eigenvalue weighted by Crippen LogP contribution is -1.97. The summed E-state index contributed by atoms with van der Waals surface area (Å²) in [5, 5.41) is 4.52. The van der Waals surface area contributed by atoms with Gasteiger partial charge in [0.25, 0.3) is 0 Å². The van der Waals surface area contributed by atoms with Crippen LogP contribution in [-0.4, -0.2) is 24.9 Å². The van der Waals surface area contributed by atoms with E-state index in [9.17, 15) is 0 Å². The lowest BCUT2D eigenvalue weighted by Gasteiger charge is -2.14. The molecule has 4 heterocycles. The number of fused-ring (bicyclic) bond motifs is 4. The summed E-state index contributed by atoms with van der Waals surface area (Å²) in [6.07, 6.45) is 1.79. The summed E-state index contributed by atoms with van der Waals surface area (Å²) in [6.45, 7) is 0. The Morgan fingerprint density at radius 3 is 1.65 bits per heavy atom. The van der Waals surface area contributed by atoms with Gasteiger partial charge in [0.1, 0.15) is 0 Å². The fourth-order valence-corrected chi connectivity index (χ4v) is 8.15. The van der Waals surface area contributed by atoms with Crippen molar-refractivity contribution in [1.82, 2.24) is 24.9 Å². The van der Waals surface area contributed by atoms with E-state index in [0.717, 1.165) is 89.2 Å². The molecular weight excluding hydrogens is 731 g/mol. The number of hydrogen-bond acceptors (Lipinski definition) is 5. The average molecular weight is 766 g/mol. The highest BCUT2D eigenvalue weighted by molar-refractivity contribution is 6.12. The molecule has 7 aromatic carbocycles. The summed E-state index contributed by atoms with van der Waals surface area (Å²) in [7, 11) is 0. The molecule has 0 spiro atoms. The van der Waals surface area contributed by atoms with Crippen LogP contribution in [0.1, 0.15) is 0 Å². The second kappa shape index (κ2) is 15.0. The van der Waals surface area contributed by atoms with Crippen LogP contribution in [-0.2, 0) is 0 Å². The highest BCUT2D eigenvalue weighted by atomic mass is 14.9. The topological polar surface area (TPSA) is 64.5 Å². The lowest BCUT2D eigenvalue weighted by atomic mass is 9.93. The number of nitrogens with zero attached hydrogens (tertiary/aromatic N) is 5. The number of rotatable bonds is 7. The minimum atomic E-state index is 0.658. The zero-order valence-electron chi connectivity index (χ0n) is 32.4. The predicted octanol–water partition coefficient (Wildman–Crippen LogP) is 13.8. The Labute approximate surface area is 347 Å². The van der Waals surface area contributed by atoms with Crippen LogP contribution in [0.25, 0.3) is 111 Å². The van der Waals surface area contributed by atoms with Gasteiger partial charge in [-0.2, -0.15) is 0 Å². The van der Waals surface area contributed by atoms with Crippen LogP contribution >= 0.6 is 0 Å². The largest absolute Gasteiger partial charge is 0.255 e. The van der Waals surface area contributed by atoms with E-state index < -0.39 is 0 Å². The van der Waals surface area contributed by atoms with Gasteiger partial charge in [-0.15, -0.1) is 0 Å². The molecule has 0 N–H and O–H groups in total. The molecule has 0 radical (unpaired) electrons. The summed E-state index contributed by atoms with van der Waals surface area (Å²) in [6, 6.07) is 71.5. The first-order valence-corrected chi connectivity index (χ1v) is 20.1. The quantitative estimate of drug-likeness (QED) is 0.151. The van der Waals surface area contributed by atoms with Crippen LogP contribution in [0.15, 0.2) is 212 Å². The Hall–Kier alpha value is -8.15. The Morgan fingerprint density at radius 1 is 0.267 bits per heavy atom. The van der Waals surface area contributed by atoms with Gasteiger partial charge in [-0.3, -0.25) is 4.98 Å². The average Bonchev–Trinajstić information content (AvgIpc) is 3.34. The Balaban J connectivity index is 1.02. The van der Waals surface area contributed by atoms with Crippen LogP contribution in [0.5, 0.6) is 0 Å². The number of aromatic nitrogens is 5. The highest BCUT2D eigenvalue weighted by Gasteiger charge is 2.17. The van der Waals surface area contributed by atoms with Crippen molar-refractivity contribution >= 4 is 32.6 Å². The molecule has 0 aliphatic carbocycles. The third kappa shape index (κ3) is 6.54. The fourth-order valence-electron chi connectivity index (χ4n) is 8.15. The fraction of sp³-hybridized carbons (Fsp3) is 0. The Morgan fingerprint density at radius 2 is 0.867 bits per heavy atom. The van der Waals surface area contributed by atoms with E-state index in [0.29, 0.717) is 5.82 Å².